The van der Waals surface area contributed by atoms with Crippen LogP contribution in [0.5, 0.6) is 0 Å². The molecule has 1 aliphatic heterocycles. The van der Waals surface area contributed by atoms with Crippen molar-refractivity contribution >= 4 is 28.3 Å². The number of hydrogen-bond acceptors (Lipinski definition) is 4. The van der Waals surface area contributed by atoms with Crippen LogP contribution in [0.15, 0.2) is 0 Å². The summed E-state index contributed by atoms with van der Waals surface area (Å²) in [7, 11) is -3.17. The molecule has 0 unspecified atom stereocenters. The smallest absolute Gasteiger partial charge is 0.226 e. The maximum Gasteiger partial charge on any atom is 0.226 e. The molecule has 0 spiro atoms. The number of halogens is 1. The van der Waals surface area contributed by atoms with Crippen molar-refractivity contribution in [2.45, 2.75) is 45.1 Å². The second-order valence-electron chi connectivity index (χ2n) is 6.56. The fourth-order valence-corrected chi connectivity index (χ4v) is 5.24. The summed E-state index contributed by atoms with van der Waals surface area (Å²) in [5.74, 6) is 0.640. The first-order chi connectivity index (χ1) is 10.4. The SMILES string of the molecule is CCN(C1CCN(C(=O)[C@@H]2CCC[C@@H]2CN)CC1)S(C)(=O)=O.Cl. The van der Waals surface area contributed by atoms with Crippen molar-refractivity contribution < 1.29 is 13.2 Å². The first-order valence-electron chi connectivity index (χ1n) is 8.34. The summed E-state index contributed by atoms with van der Waals surface area (Å²) >= 11 is 0. The predicted octanol–water partition coefficient (Wildman–Crippen LogP) is 1.06. The van der Waals surface area contributed by atoms with Gasteiger partial charge in [0, 0.05) is 31.6 Å². The van der Waals surface area contributed by atoms with Crippen molar-refractivity contribution in [2.75, 3.05) is 32.4 Å². The van der Waals surface area contributed by atoms with E-state index in [1.807, 2.05) is 11.8 Å². The highest BCUT2D eigenvalue weighted by molar-refractivity contribution is 7.88. The van der Waals surface area contributed by atoms with Gasteiger partial charge < -0.3 is 10.6 Å². The van der Waals surface area contributed by atoms with Gasteiger partial charge in [-0.2, -0.15) is 4.31 Å². The van der Waals surface area contributed by atoms with E-state index in [1.54, 1.807) is 4.31 Å². The third-order valence-electron chi connectivity index (χ3n) is 5.20. The van der Waals surface area contributed by atoms with Crippen LogP contribution in [-0.4, -0.2) is 62.0 Å². The molecule has 1 aliphatic carbocycles. The molecule has 0 radical (unpaired) electrons. The Morgan fingerprint density at radius 3 is 2.30 bits per heavy atom. The van der Waals surface area contributed by atoms with E-state index < -0.39 is 10.0 Å². The van der Waals surface area contributed by atoms with Crippen LogP contribution >= 0.6 is 12.4 Å². The Kier molecular flexibility index (Phi) is 7.77. The molecule has 2 N–H and O–H groups in total. The second-order valence-corrected chi connectivity index (χ2v) is 8.49. The van der Waals surface area contributed by atoms with Crippen molar-refractivity contribution in [3.63, 3.8) is 0 Å². The lowest BCUT2D eigenvalue weighted by Gasteiger charge is -2.38. The van der Waals surface area contributed by atoms with Gasteiger partial charge in [-0.05, 0) is 38.1 Å². The van der Waals surface area contributed by atoms with E-state index in [4.69, 9.17) is 5.73 Å². The van der Waals surface area contributed by atoms with E-state index in [9.17, 15) is 13.2 Å². The number of carbonyl (C=O) groups is 1. The Morgan fingerprint density at radius 1 is 1.22 bits per heavy atom. The van der Waals surface area contributed by atoms with Crippen LogP contribution in [0.3, 0.4) is 0 Å². The summed E-state index contributed by atoms with van der Waals surface area (Å²) in [4.78, 5) is 14.6. The van der Waals surface area contributed by atoms with Gasteiger partial charge in [0.1, 0.15) is 0 Å². The largest absolute Gasteiger partial charge is 0.342 e. The zero-order chi connectivity index (χ0) is 16.3. The molecule has 1 heterocycles. The van der Waals surface area contributed by atoms with Crippen molar-refractivity contribution in [3.8, 4) is 0 Å². The molecule has 0 bridgehead atoms. The van der Waals surface area contributed by atoms with Crippen LogP contribution < -0.4 is 5.73 Å². The average Bonchev–Trinajstić information content (AvgIpc) is 2.95. The molecule has 1 saturated heterocycles. The van der Waals surface area contributed by atoms with Crippen LogP contribution in [0.2, 0.25) is 0 Å². The normalized spacial score (nSPS) is 26.3. The average molecular weight is 368 g/mol. The second kappa shape index (κ2) is 8.65. The molecule has 136 valence electrons. The number of nitrogens with zero attached hydrogens (tertiary/aromatic N) is 2. The van der Waals surface area contributed by atoms with Crippen molar-refractivity contribution in [2.24, 2.45) is 17.6 Å². The number of hydrogen-bond donors (Lipinski definition) is 1. The molecule has 0 aromatic rings. The number of piperidine rings is 1. The fourth-order valence-electron chi connectivity index (χ4n) is 4.02. The van der Waals surface area contributed by atoms with Gasteiger partial charge in [-0.25, -0.2) is 8.42 Å². The summed E-state index contributed by atoms with van der Waals surface area (Å²) in [6.45, 7) is 4.26. The van der Waals surface area contributed by atoms with Gasteiger partial charge >= 0.3 is 0 Å². The Labute approximate surface area is 146 Å². The van der Waals surface area contributed by atoms with Gasteiger partial charge in [-0.15, -0.1) is 12.4 Å². The van der Waals surface area contributed by atoms with Crippen molar-refractivity contribution in [3.05, 3.63) is 0 Å². The maximum atomic E-state index is 12.7. The van der Waals surface area contributed by atoms with E-state index in [2.05, 4.69) is 0 Å². The quantitative estimate of drug-likeness (QED) is 0.787. The number of rotatable bonds is 5. The molecule has 0 aromatic carbocycles. The van der Waals surface area contributed by atoms with E-state index in [0.717, 1.165) is 32.1 Å². The Bertz CT molecular complexity index is 492. The summed E-state index contributed by atoms with van der Waals surface area (Å²) in [6, 6.07) is 0.0259. The summed E-state index contributed by atoms with van der Waals surface area (Å²) in [5.41, 5.74) is 5.78. The zero-order valence-corrected chi connectivity index (χ0v) is 15.7. The molecule has 1 saturated carbocycles. The van der Waals surface area contributed by atoms with E-state index in [-0.39, 0.29) is 30.3 Å². The highest BCUT2D eigenvalue weighted by atomic mass is 35.5. The van der Waals surface area contributed by atoms with Gasteiger partial charge in [0.25, 0.3) is 0 Å². The van der Waals surface area contributed by atoms with Crippen LogP contribution in [0, 0.1) is 11.8 Å². The van der Waals surface area contributed by atoms with Crippen LogP contribution in [0.4, 0.5) is 0 Å². The molecule has 2 fully saturated rings. The molecule has 2 aliphatic rings. The molecular formula is C15H30ClN3O3S. The van der Waals surface area contributed by atoms with Crippen molar-refractivity contribution in [1.82, 2.24) is 9.21 Å². The van der Waals surface area contributed by atoms with Gasteiger partial charge in [0.05, 0.1) is 6.26 Å². The highest BCUT2D eigenvalue weighted by Crippen LogP contribution is 2.33. The standard InChI is InChI=1S/C15H29N3O3S.ClH/c1-3-18(22(2,20)21)13-7-9-17(10-8-13)15(19)14-6-4-5-12(14)11-16;/h12-14H,3-11,16H2,1-2H3;1H/t12-,14-;/m1./s1. The number of carbonyl (C=O) groups excluding carboxylic acids is 1. The molecule has 1 amide bonds. The minimum atomic E-state index is -3.17. The minimum absolute atomic E-state index is 0. The summed E-state index contributed by atoms with van der Waals surface area (Å²) in [6.07, 6.45) is 5.82. The molecular weight excluding hydrogens is 338 g/mol. The van der Waals surface area contributed by atoms with E-state index >= 15 is 0 Å². The minimum Gasteiger partial charge on any atom is -0.342 e. The van der Waals surface area contributed by atoms with Crippen molar-refractivity contribution in [1.29, 1.82) is 0 Å². The Morgan fingerprint density at radius 2 is 1.83 bits per heavy atom. The van der Waals surface area contributed by atoms with Crippen LogP contribution in [-0.2, 0) is 14.8 Å². The molecule has 2 atom stereocenters. The number of likely N-dealkylation sites (tertiary alicyclic amines) is 1. The number of nitrogens with two attached hydrogens (primary N) is 1. The summed E-state index contributed by atoms with van der Waals surface area (Å²) in [5, 5.41) is 0. The van der Waals surface area contributed by atoms with Gasteiger partial charge in [-0.3, -0.25) is 4.79 Å². The fraction of sp³-hybridized carbons (Fsp3) is 0.933. The van der Waals surface area contributed by atoms with Gasteiger partial charge in [0.2, 0.25) is 15.9 Å². The molecule has 8 heteroatoms. The lowest BCUT2D eigenvalue weighted by atomic mass is 9.93. The number of sulfonamides is 1. The van der Waals surface area contributed by atoms with Gasteiger partial charge in [0.15, 0.2) is 0 Å². The summed E-state index contributed by atoms with van der Waals surface area (Å²) < 4.78 is 25.2. The topological polar surface area (TPSA) is 83.7 Å². The molecule has 2 rings (SSSR count). The first-order valence-corrected chi connectivity index (χ1v) is 10.2. The maximum absolute atomic E-state index is 12.7. The zero-order valence-electron chi connectivity index (χ0n) is 14.1. The Balaban J connectivity index is 0.00000264. The number of amides is 1. The monoisotopic (exact) mass is 367 g/mol. The van der Waals surface area contributed by atoms with E-state index in [1.165, 1.54) is 6.26 Å². The third-order valence-corrected chi connectivity index (χ3v) is 6.61. The lowest BCUT2D eigenvalue weighted by molar-refractivity contribution is -0.138. The molecule has 23 heavy (non-hydrogen) atoms. The van der Waals surface area contributed by atoms with Crippen LogP contribution in [0.25, 0.3) is 0 Å². The van der Waals surface area contributed by atoms with Gasteiger partial charge in [-0.1, -0.05) is 13.3 Å². The van der Waals surface area contributed by atoms with Crippen LogP contribution in [0.1, 0.15) is 39.0 Å². The molecule has 6 nitrogen and oxygen atoms in total. The van der Waals surface area contributed by atoms with E-state index in [0.29, 0.717) is 32.1 Å². The Hall–Kier alpha value is -0.370. The predicted molar refractivity (Wildman–Crippen MR) is 94.0 cm³/mol. The molecule has 0 aromatic heterocycles. The highest BCUT2D eigenvalue weighted by Gasteiger charge is 2.37. The lowest BCUT2D eigenvalue weighted by Crippen LogP contribution is -2.50. The first kappa shape index (κ1) is 20.7. The third kappa shape index (κ3) is 4.81.